The van der Waals surface area contributed by atoms with Gasteiger partial charge in [-0.2, -0.15) is 0 Å². The minimum absolute atomic E-state index is 0. The number of hydrogen-bond donors (Lipinski definition) is 0. The molecular formula is Cl11MoTa-6. The van der Waals surface area contributed by atoms with E-state index in [9.17, 15) is 0 Å². The molecule has 0 aliphatic carbocycles. The average Bonchev–Trinajstić information content (AvgIpc) is 0. The first-order valence-electron chi connectivity index (χ1n) is 0. The topological polar surface area (TPSA) is 0 Å². The largest absolute Gasteiger partial charge is 5.00 e. The van der Waals surface area contributed by atoms with E-state index in [1.165, 1.54) is 0 Å². The third-order valence-electron chi connectivity index (χ3n) is 0. The molecule has 0 N–H and O–H groups in total. The molecule has 0 saturated carbocycles. The van der Waals surface area contributed by atoms with Gasteiger partial charge in [0.05, 0.1) is 0 Å². The summed E-state index contributed by atoms with van der Waals surface area (Å²) in [4.78, 5) is 0. The van der Waals surface area contributed by atoms with E-state index in [1.807, 2.05) is 0 Å². The molecule has 94 valence electrons. The first-order chi connectivity index (χ1) is 0. The fourth-order valence-corrected chi connectivity index (χ4v) is 0. The summed E-state index contributed by atoms with van der Waals surface area (Å²) >= 11 is 0. The Morgan fingerprint density at radius 3 is 0.231 bits per heavy atom. The maximum absolute atomic E-state index is 0. The zero-order valence-corrected chi connectivity index (χ0v) is 18.5. The van der Waals surface area contributed by atoms with Crippen LogP contribution in [-0.2, 0) is 43.4 Å². The van der Waals surface area contributed by atoms with Crippen molar-refractivity contribution in [3.63, 3.8) is 0 Å². The van der Waals surface area contributed by atoms with E-state index in [0.717, 1.165) is 0 Å². The van der Waals surface area contributed by atoms with Crippen LogP contribution in [0.3, 0.4) is 0 Å². The van der Waals surface area contributed by atoms with Crippen molar-refractivity contribution in [1.29, 1.82) is 0 Å². The van der Waals surface area contributed by atoms with Gasteiger partial charge in [0.25, 0.3) is 0 Å². The monoisotopic (exact) mass is 664 g/mol. The molecule has 13 heavy (non-hydrogen) atoms. The first-order valence-corrected chi connectivity index (χ1v) is 0. The van der Waals surface area contributed by atoms with Crippen LogP contribution < -0.4 is 136 Å². The van der Waals surface area contributed by atoms with E-state index in [4.69, 9.17) is 0 Å². The summed E-state index contributed by atoms with van der Waals surface area (Å²) in [5, 5.41) is 0. The van der Waals surface area contributed by atoms with Crippen molar-refractivity contribution in [2.24, 2.45) is 0 Å². The molecular weight excluding hydrogens is 667 g/mol. The predicted molar refractivity (Wildman–Crippen MR) is 0 cm³/mol. The standard InChI is InChI=1S/11ClH.Mo.Ta/h11*1H;;/q;;;;;;;;;;;;+5/p-11. The molecule has 0 amide bonds. The molecule has 0 aromatic heterocycles. The van der Waals surface area contributed by atoms with Crippen LogP contribution in [0.4, 0.5) is 0 Å². The molecule has 0 radical (unpaired) electrons. The molecule has 13 heteroatoms. The van der Waals surface area contributed by atoms with Crippen LogP contribution in [0.25, 0.3) is 0 Å². The van der Waals surface area contributed by atoms with E-state index in [1.54, 1.807) is 0 Å². The van der Waals surface area contributed by atoms with Gasteiger partial charge >= 0.3 is 22.4 Å². The number of halogens is 11. The van der Waals surface area contributed by atoms with Crippen molar-refractivity contribution in [2.45, 2.75) is 0 Å². The van der Waals surface area contributed by atoms with Gasteiger partial charge in [0.15, 0.2) is 0 Å². The molecule has 0 rings (SSSR count). The fraction of sp³-hybridized carbons (Fsp3) is 0. The Hall–Kier alpha value is 4.62. The van der Waals surface area contributed by atoms with Gasteiger partial charge in [0, 0.05) is 21.1 Å². The van der Waals surface area contributed by atoms with Crippen molar-refractivity contribution >= 4 is 0 Å². The maximum Gasteiger partial charge on any atom is 5.00 e. The quantitative estimate of drug-likeness (QED) is 0.226. The second-order valence-corrected chi connectivity index (χ2v) is 0. The second-order valence-electron chi connectivity index (χ2n) is 0. The van der Waals surface area contributed by atoms with Gasteiger partial charge in [-0.3, -0.25) is 0 Å². The van der Waals surface area contributed by atoms with Crippen LogP contribution in [-0.4, -0.2) is 0 Å². The summed E-state index contributed by atoms with van der Waals surface area (Å²) in [5.41, 5.74) is 0. The molecule has 0 bridgehead atoms. The van der Waals surface area contributed by atoms with Crippen LogP contribution in [0.1, 0.15) is 0 Å². The van der Waals surface area contributed by atoms with Crippen LogP contribution >= 0.6 is 0 Å². The Bertz CT molecular complexity index is 10.1. The van der Waals surface area contributed by atoms with Crippen molar-refractivity contribution < 1.29 is 180 Å². The van der Waals surface area contributed by atoms with E-state index < -0.39 is 0 Å². The molecule has 0 fully saturated rings. The predicted octanol–water partition coefficient (Wildman–Crippen LogP) is -33.0. The molecule has 0 spiro atoms. The smallest absolute Gasteiger partial charge is 1.00 e. The summed E-state index contributed by atoms with van der Waals surface area (Å²) in [6.45, 7) is 0. The minimum atomic E-state index is 0. The first kappa shape index (κ1) is 228. The molecule has 0 unspecified atom stereocenters. The van der Waals surface area contributed by atoms with Gasteiger partial charge in [-0.25, -0.2) is 0 Å². The molecule has 0 saturated heterocycles. The normalized spacial score (nSPS) is 0. The molecule has 0 nitrogen and oxygen atoms in total. The van der Waals surface area contributed by atoms with E-state index >= 15 is 0 Å². The van der Waals surface area contributed by atoms with Crippen LogP contribution in [0.2, 0.25) is 0 Å². The van der Waals surface area contributed by atoms with Crippen molar-refractivity contribution in [1.82, 2.24) is 0 Å². The third-order valence-corrected chi connectivity index (χ3v) is 0. The van der Waals surface area contributed by atoms with Crippen LogP contribution in [0.15, 0.2) is 0 Å². The molecule has 0 aromatic carbocycles. The van der Waals surface area contributed by atoms with Crippen molar-refractivity contribution in [2.75, 3.05) is 0 Å². The third kappa shape index (κ3) is 166. The average molecular weight is 667 g/mol. The molecule has 0 atom stereocenters. The van der Waals surface area contributed by atoms with E-state index in [-0.39, 0.29) is 180 Å². The van der Waals surface area contributed by atoms with Gasteiger partial charge in [-0.15, -0.1) is 0 Å². The Balaban J connectivity index is 0. The molecule has 0 aromatic rings. The van der Waals surface area contributed by atoms with Gasteiger partial charge in [-0.1, -0.05) is 0 Å². The maximum atomic E-state index is 0. The summed E-state index contributed by atoms with van der Waals surface area (Å²) in [7, 11) is 0. The minimum Gasteiger partial charge on any atom is -1.00 e. The Morgan fingerprint density at radius 1 is 0.231 bits per heavy atom. The van der Waals surface area contributed by atoms with Gasteiger partial charge in [0.1, 0.15) is 0 Å². The number of hydrogen-bond acceptors (Lipinski definition) is 0. The van der Waals surface area contributed by atoms with Crippen molar-refractivity contribution in [3.05, 3.63) is 0 Å². The summed E-state index contributed by atoms with van der Waals surface area (Å²) in [6.07, 6.45) is 0. The van der Waals surface area contributed by atoms with Crippen LogP contribution in [0.5, 0.6) is 0 Å². The van der Waals surface area contributed by atoms with Crippen molar-refractivity contribution in [3.8, 4) is 0 Å². The van der Waals surface area contributed by atoms with E-state index in [0.29, 0.717) is 0 Å². The van der Waals surface area contributed by atoms with Gasteiger partial charge in [-0.05, 0) is 0 Å². The Labute approximate surface area is 177 Å². The van der Waals surface area contributed by atoms with Gasteiger partial charge < -0.3 is 136 Å². The van der Waals surface area contributed by atoms with E-state index in [2.05, 4.69) is 0 Å². The summed E-state index contributed by atoms with van der Waals surface area (Å²) in [6, 6.07) is 0. The molecule has 0 aliphatic heterocycles. The molecule has 0 aliphatic rings. The second kappa shape index (κ2) is 190. The zero-order valence-electron chi connectivity index (χ0n) is 5.01. The SMILES string of the molecule is [Cl-].[Cl-].[Cl-].[Cl-].[Cl-].[Cl-].[Cl-].[Cl-].[Cl-].[Cl-].[Cl-].[Mo].[Ta+5]. The zero-order chi connectivity index (χ0) is 0. The Morgan fingerprint density at radius 2 is 0.231 bits per heavy atom. The molecule has 0 heterocycles. The summed E-state index contributed by atoms with van der Waals surface area (Å²) in [5.74, 6) is 0. The number of rotatable bonds is 0. The fourth-order valence-electron chi connectivity index (χ4n) is 0. The van der Waals surface area contributed by atoms with Gasteiger partial charge in [0.2, 0.25) is 0 Å². The van der Waals surface area contributed by atoms with Crippen LogP contribution in [0, 0.1) is 0 Å². The Kier molecular flexibility index (Phi) is 3330. The summed E-state index contributed by atoms with van der Waals surface area (Å²) < 4.78 is 0.